The van der Waals surface area contributed by atoms with E-state index in [4.69, 9.17) is 4.99 Å². The van der Waals surface area contributed by atoms with Crippen molar-refractivity contribution in [2.45, 2.75) is 20.4 Å². The smallest absolute Gasteiger partial charge is 0.367 e. The van der Waals surface area contributed by atoms with Gasteiger partial charge in [-0.2, -0.15) is 0 Å². The number of aliphatic imine (C=N–C) groups is 1. The van der Waals surface area contributed by atoms with Crippen LogP contribution in [0.4, 0.5) is 9.52 Å². The first kappa shape index (κ1) is 23.6. The zero-order valence-electron chi connectivity index (χ0n) is 19.1. The van der Waals surface area contributed by atoms with Gasteiger partial charge in [0.1, 0.15) is 25.4 Å². The Hall–Kier alpha value is -2.15. The Bertz CT molecular complexity index is 1540. The zero-order chi connectivity index (χ0) is 24.1. The predicted octanol–water partition coefficient (Wildman–Crippen LogP) is 2.24. The number of carbonyl (C=O) groups is 1. The fraction of sp³-hybridized carbons (Fsp3) is 0.364. The number of fused-ring (bicyclic) bond motifs is 1. The minimum absolute atomic E-state index is 0.0500. The molecule has 4 heterocycles. The number of hydrogen-bond acceptors (Lipinski definition) is 8. The molecule has 2 saturated heterocycles. The van der Waals surface area contributed by atoms with E-state index in [1.165, 1.54) is 46.6 Å². The maximum atomic E-state index is 13.7. The Morgan fingerprint density at radius 1 is 1.18 bits per heavy atom. The van der Waals surface area contributed by atoms with E-state index < -0.39 is 0 Å². The molecule has 2 fully saturated rings. The highest BCUT2D eigenvalue weighted by Crippen LogP contribution is 2.35. The van der Waals surface area contributed by atoms with Gasteiger partial charge in [-0.1, -0.05) is 0 Å². The van der Waals surface area contributed by atoms with Crippen LogP contribution in [0.2, 0.25) is 0 Å². The van der Waals surface area contributed by atoms with Crippen LogP contribution in [-0.4, -0.2) is 51.3 Å². The van der Waals surface area contributed by atoms with E-state index >= 15 is 0 Å². The van der Waals surface area contributed by atoms with Gasteiger partial charge >= 0.3 is 5.13 Å². The number of amides is 1. The normalized spacial score (nSPS) is 21.1. The number of rotatable bonds is 3. The molecule has 7 nitrogen and oxygen atoms in total. The summed E-state index contributed by atoms with van der Waals surface area (Å²) in [6.07, 6.45) is 0. The number of aromatic nitrogens is 2. The molecule has 0 radical (unpaired) electrons. The van der Waals surface area contributed by atoms with Gasteiger partial charge < -0.3 is 4.90 Å². The number of benzene rings is 1. The number of carbonyl (C=O) groups excluding carboxylic acids is 1. The molecule has 0 aliphatic carbocycles. The summed E-state index contributed by atoms with van der Waals surface area (Å²) < 4.78 is 19.5. The molecule has 2 aliphatic rings. The van der Waals surface area contributed by atoms with Crippen LogP contribution in [0, 0.1) is 5.82 Å². The molecule has 0 saturated carbocycles. The van der Waals surface area contributed by atoms with Crippen LogP contribution in [0.15, 0.2) is 28.0 Å². The van der Waals surface area contributed by atoms with Crippen molar-refractivity contribution >= 4 is 82.6 Å². The Morgan fingerprint density at radius 3 is 2.65 bits per heavy atom. The average molecular weight is 537 g/mol. The number of amidine groups is 1. The highest BCUT2D eigenvalue weighted by molar-refractivity contribution is 8.23. The van der Waals surface area contributed by atoms with Crippen LogP contribution >= 0.6 is 46.2 Å². The van der Waals surface area contributed by atoms with E-state index in [0.29, 0.717) is 37.5 Å². The molecule has 12 heteroatoms. The fourth-order valence-electron chi connectivity index (χ4n) is 3.92. The summed E-state index contributed by atoms with van der Waals surface area (Å²) in [4.78, 5) is 35.7. The van der Waals surface area contributed by atoms with E-state index in [1.54, 1.807) is 27.3 Å². The molecule has 0 N–H and O–H groups in total. The maximum Gasteiger partial charge on any atom is 0.385 e. The van der Waals surface area contributed by atoms with Crippen molar-refractivity contribution in [2.24, 2.45) is 12.0 Å². The number of hydrogen-bond donors (Lipinski definition) is 0. The van der Waals surface area contributed by atoms with E-state index in [2.05, 4.69) is 4.90 Å². The molecule has 1 aromatic carbocycles. The lowest BCUT2D eigenvalue weighted by molar-refractivity contribution is -0.627. The minimum Gasteiger partial charge on any atom is -0.367 e. The van der Waals surface area contributed by atoms with Gasteiger partial charge in [-0.15, -0.1) is 23.1 Å². The first-order valence-corrected chi connectivity index (χ1v) is 14.3. The fourth-order valence-corrected chi connectivity index (χ4v) is 8.84. The van der Waals surface area contributed by atoms with Gasteiger partial charge in [0, 0.05) is 32.4 Å². The predicted molar refractivity (Wildman–Crippen MR) is 140 cm³/mol. The highest BCUT2D eigenvalue weighted by atomic mass is 32.2. The second kappa shape index (κ2) is 9.14. The third kappa shape index (κ3) is 3.80. The van der Waals surface area contributed by atoms with Crippen LogP contribution in [0.5, 0.6) is 0 Å². The Labute approximate surface area is 211 Å². The Balaban J connectivity index is 1.68. The molecular formula is C22H23FN5O2S4+. The van der Waals surface area contributed by atoms with E-state index in [0.717, 1.165) is 27.5 Å². The Morgan fingerprint density at radius 2 is 1.97 bits per heavy atom. The number of aryl methyl sites for hydroxylation is 1. The van der Waals surface area contributed by atoms with Gasteiger partial charge in [0.05, 0.1) is 16.8 Å². The second-order valence-electron chi connectivity index (χ2n) is 7.79. The summed E-state index contributed by atoms with van der Waals surface area (Å²) in [6.45, 7) is 5.68. The lowest BCUT2D eigenvalue weighted by Crippen LogP contribution is -2.34. The van der Waals surface area contributed by atoms with Crippen LogP contribution in [0.3, 0.4) is 0 Å². The van der Waals surface area contributed by atoms with Crippen molar-refractivity contribution in [3.63, 3.8) is 0 Å². The van der Waals surface area contributed by atoms with Crippen LogP contribution in [-0.2, 0) is 18.4 Å². The summed E-state index contributed by atoms with van der Waals surface area (Å²) in [6, 6.07) is 4.66. The molecule has 5 rings (SSSR count). The zero-order valence-corrected chi connectivity index (χ0v) is 22.4. The maximum absolute atomic E-state index is 13.7. The molecule has 0 bridgehead atoms. The van der Waals surface area contributed by atoms with Crippen molar-refractivity contribution < 1.29 is 13.8 Å². The minimum atomic E-state index is -0.292. The first-order chi connectivity index (χ1) is 16.3. The molecule has 3 aromatic rings. The van der Waals surface area contributed by atoms with Crippen molar-refractivity contribution in [3.8, 4) is 0 Å². The first-order valence-electron chi connectivity index (χ1n) is 10.8. The molecule has 2 aromatic heterocycles. The van der Waals surface area contributed by atoms with Gasteiger partial charge in [0.15, 0.2) is 0 Å². The SMILES string of the molecule is CCN1C(=O)/C(=c2/s/c(=C3/SCCN3C)c(=O)n2CC)S/C1=N\c1sc2cc(F)ccc2[n+]1C. The third-order valence-corrected chi connectivity index (χ3v) is 10.5. The second-order valence-corrected chi connectivity index (χ2v) is 11.9. The van der Waals surface area contributed by atoms with E-state index in [1.807, 2.05) is 32.5 Å². The van der Waals surface area contributed by atoms with Gasteiger partial charge in [-0.3, -0.25) is 19.1 Å². The quantitative estimate of drug-likeness (QED) is 0.481. The summed E-state index contributed by atoms with van der Waals surface area (Å²) in [5.41, 5.74) is 0.830. The van der Waals surface area contributed by atoms with E-state index in [9.17, 15) is 14.0 Å². The summed E-state index contributed by atoms with van der Waals surface area (Å²) in [5.74, 6) is 0.513. The monoisotopic (exact) mass is 536 g/mol. The van der Waals surface area contributed by atoms with Crippen LogP contribution in [0.1, 0.15) is 13.8 Å². The van der Waals surface area contributed by atoms with E-state index in [-0.39, 0.29) is 17.3 Å². The van der Waals surface area contributed by atoms with Crippen molar-refractivity contribution in [1.82, 2.24) is 14.4 Å². The van der Waals surface area contributed by atoms with Crippen molar-refractivity contribution in [3.05, 3.63) is 43.6 Å². The van der Waals surface area contributed by atoms with Crippen LogP contribution < -0.4 is 19.3 Å². The summed E-state index contributed by atoms with van der Waals surface area (Å²) >= 11 is 5.75. The molecule has 2 aliphatic heterocycles. The van der Waals surface area contributed by atoms with Gasteiger partial charge in [0.2, 0.25) is 0 Å². The summed E-state index contributed by atoms with van der Waals surface area (Å²) in [7, 11) is 3.87. The van der Waals surface area contributed by atoms with Gasteiger partial charge in [0.25, 0.3) is 16.6 Å². The number of thiazole rings is 2. The Kier molecular flexibility index (Phi) is 6.34. The number of nitrogens with zero attached hydrogens (tertiary/aromatic N) is 5. The molecule has 34 heavy (non-hydrogen) atoms. The van der Waals surface area contributed by atoms with Gasteiger partial charge in [-0.05, 0) is 60.1 Å². The average Bonchev–Trinajstić information content (AvgIpc) is 3.53. The summed E-state index contributed by atoms with van der Waals surface area (Å²) in [5, 5.41) is 2.22. The molecule has 1 amide bonds. The molecule has 0 spiro atoms. The number of thioether (sulfide) groups is 2. The van der Waals surface area contributed by atoms with Gasteiger partial charge in [-0.25, -0.2) is 8.96 Å². The lowest BCUT2D eigenvalue weighted by Gasteiger charge is -2.08. The largest absolute Gasteiger partial charge is 0.385 e. The van der Waals surface area contributed by atoms with Crippen molar-refractivity contribution in [2.75, 3.05) is 25.9 Å². The van der Waals surface area contributed by atoms with Crippen molar-refractivity contribution in [1.29, 1.82) is 0 Å². The molecule has 0 atom stereocenters. The topological polar surface area (TPSA) is 61.8 Å². The highest BCUT2D eigenvalue weighted by Gasteiger charge is 2.38. The number of halogens is 1. The molecule has 0 unspecified atom stereocenters. The standard InChI is InChI=1S/C22H23FN5O2S4/c1-5-27-17(29)15(19-25(3)9-10-31-19)33-20(27)16-18(30)28(6-2)22(34-16)24-21-26(4)13-8-7-12(23)11-14(13)32-21/h7-8,11H,5-6,9-10H2,1-4H3/q+1/b19-15+,20-16-. The van der Waals surface area contributed by atoms with Crippen LogP contribution in [0.25, 0.3) is 20.2 Å². The molecule has 178 valence electrons. The third-order valence-electron chi connectivity index (χ3n) is 5.74. The lowest BCUT2D eigenvalue weighted by atomic mass is 10.3. The molecular weight excluding hydrogens is 514 g/mol.